The molecule has 1 saturated heterocycles. The molecule has 3 amide bonds. The summed E-state index contributed by atoms with van der Waals surface area (Å²) in [6.07, 6.45) is 2.76. The Balaban J connectivity index is 1.55. The smallest absolute Gasteiger partial charge is 0.316 e. The van der Waals surface area contributed by atoms with E-state index in [2.05, 4.69) is 34.8 Å². The molecule has 0 bridgehead atoms. The third kappa shape index (κ3) is 4.57. The standard InChI is InChI=1S/C22H24N6O3/c1-2-10-25-21-19(31-21)14-8-6-13(7-9-14)15-4-3-5-16(11-15)28-12-17(26-22(24)30)18(27-28)20(23)29/h3-9,11-12,19,21,25H,2,10H2,1H3,(H2,23,29)(H3,24,26,30). The fourth-order valence-corrected chi connectivity index (χ4v) is 3.41. The van der Waals surface area contributed by atoms with Crippen LogP contribution >= 0.6 is 0 Å². The number of rotatable bonds is 8. The molecule has 6 N–H and O–H groups in total. The van der Waals surface area contributed by atoms with Crippen molar-refractivity contribution >= 4 is 17.6 Å². The van der Waals surface area contributed by atoms with Gasteiger partial charge < -0.3 is 21.5 Å². The zero-order valence-electron chi connectivity index (χ0n) is 17.0. The third-order valence-electron chi connectivity index (χ3n) is 4.98. The largest absolute Gasteiger partial charge is 0.364 e. The second-order valence-corrected chi connectivity index (χ2v) is 7.29. The molecule has 1 aliphatic heterocycles. The number of hydrogen-bond donors (Lipinski definition) is 4. The summed E-state index contributed by atoms with van der Waals surface area (Å²) in [6, 6.07) is 15.1. The lowest BCUT2D eigenvalue weighted by Gasteiger charge is -2.07. The van der Waals surface area contributed by atoms with Gasteiger partial charge in [0.25, 0.3) is 5.91 Å². The van der Waals surface area contributed by atoms with Crippen molar-refractivity contribution in [3.8, 4) is 16.8 Å². The van der Waals surface area contributed by atoms with Gasteiger partial charge in [-0.05, 0) is 41.8 Å². The van der Waals surface area contributed by atoms with Crippen LogP contribution < -0.4 is 22.1 Å². The molecule has 1 fully saturated rings. The minimum Gasteiger partial charge on any atom is -0.364 e. The summed E-state index contributed by atoms with van der Waals surface area (Å²) >= 11 is 0. The molecule has 0 spiro atoms. The summed E-state index contributed by atoms with van der Waals surface area (Å²) < 4.78 is 7.17. The van der Waals surface area contributed by atoms with Crippen molar-refractivity contribution in [3.05, 3.63) is 66.0 Å². The van der Waals surface area contributed by atoms with E-state index < -0.39 is 11.9 Å². The molecule has 1 aromatic heterocycles. The fourth-order valence-electron chi connectivity index (χ4n) is 3.41. The number of carbonyl (C=O) groups excluding carboxylic acids is 2. The van der Waals surface area contributed by atoms with Gasteiger partial charge in [-0.25, -0.2) is 9.48 Å². The van der Waals surface area contributed by atoms with E-state index >= 15 is 0 Å². The van der Waals surface area contributed by atoms with Crippen LogP contribution in [0.1, 0.15) is 35.5 Å². The molecule has 2 aromatic carbocycles. The molecule has 9 heteroatoms. The maximum Gasteiger partial charge on any atom is 0.316 e. The highest BCUT2D eigenvalue weighted by Crippen LogP contribution is 2.37. The van der Waals surface area contributed by atoms with E-state index in [1.54, 1.807) is 0 Å². The highest BCUT2D eigenvalue weighted by molar-refractivity contribution is 6.00. The summed E-state index contributed by atoms with van der Waals surface area (Å²) in [4.78, 5) is 22.8. The zero-order valence-corrected chi connectivity index (χ0v) is 17.0. The van der Waals surface area contributed by atoms with E-state index in [1.165, 1.54) is 10.9 Å². The Morgan fingerprint density at radius 1 is 1.13 bits per heavy atom. The zero-order chi connectivity index (χ0) is 22.0. The van der Waals surface area contributed by atoms with Crippen molar-refractivity contribution in [1.82, 2.24) is 15.1 Å². The molecule has 2 atom stereocenters. The summed E-state index contributed by atoms with van der Waals surface area (Å²) in [7, 11) is 0. The van der Waals surface area contributed by atoms with Gasteiger partial charge >= 0.3 is 6.03 Å². The Morgan fingerprint density at radius 3 is 2.58 bits per heavy atom. The number of hydrogen-bond acceptors (Lipinski definition) is 5. The van der Waals surface area contributed by atoms with Crippen molar-refractivity contribution in [2.75, 3.05) is 11.9 Å². The first-order valence-corrected chi connectivity index (χ1v) is 10.0. The van der Waals surface area contributed by atoms with E-state index in [1.807, 2.05) is 36.4 Å². The van der Waals surface area contributed by atoms with Gasteiger partial charge in [-0.2, -0.15) is 5.10 Å². The first-order chi connectivity index (χ1) is 15.0. The number of epoxide rings is 1. The van der Waals surface area contributed by atoms with Gasteiger partial charge in [0, 0.05) is 0 Å². The molecule has 4 rings (SSSR count). The summed E-state index contributed by atoms with van der Waals surface area (Å²) in [6.45, 7) is 3.06. The van der Waals surface area contributed by atoms with Gasteiger partial charge in [0.05, 0.1) is 17.6 Å². The molecule has 3 aromatic rings. The summed E-state index contributed by atoms with van der Waals surface area (Å²) in [5.74, 6) is -0.761. The quantitative estimate of drug-likeness (QED) is 0.415. The average Bonchev–Trinajstić information content (AvgIpc) is 3.42. The third-order valence-corrected chi connectivity index (χ3v) is 4.98. The van der Waals surface area contributed by atoms with Gasteiger partial charge in [-0.3, -0.25) is 10.1 Å². The van der Waals surface area contributed by atoms with E-state index in [0.717, 1.165) is 29.7 Å². The maximum atomic E-state index is 11.6. The first kappa shape index (κ1) is 20.6. The second-order valence-electron chi connectivity index (χ2n) is 7.29. The molecule has 31 heavy (non-hydrogen) atoms. The molecule has 2 heterocycles. The van der Waals surface area contributed by atoms with Crippen LogP contribution in [-0.4, -0.2) is 34.5 Å². The first-order valence-electron chi connectivity index (χ1n) is 10.0. The lowest BCUT2D eigenvalue weighted by atomic mass is 10.0. The summed E-state index contributed by atoms with van der Waals surface area (Å²) in [5.41, 5.74) is 14.5. The number of benzene rings is 2. The van der Waals surface area contributed by atoms with Gasteiger partial charge in [0.15, 0.2) is 5.69 Å². The van der Waals surface area contributed by atoms with Crippen LogP contribution in [0.15, 0.2) is 54.7 Å². The Bertz CT molecular complexity index is 1110. The van der Waals surface area contributed by atoms with Crippen LogP contribution in [0.25, 0.3) is 16.8 Å². The van der Waals surface area contributed by atoms with Crippen molar-refractivity contribution in [2.24, 2.45) is 11.5 Å². The Morgan fingerprint density at radius 2 is 1.90 bits per heavy atom. The van der Waals surface area contributed by atoms with E-state index in [4.69, 9.17) is 16.2 Å². The van der Waals surface area contributed by atoms with Crippen LogP contribution in [0.5, 0.6) is 0 Å². The van der Waals surface area contributed by atoms with Gasteiger partial charge in [-0.1, -0.05) is 43.3 Å². The van der Waals surface area contributed by atoms with Gasteiger partial charge in [0.2, 0.25) is 0 Å². The molecular formula is C22H24N6O3. The van der Waals surface area contributed by atoms with E-state index in [0.29, 0.717) is 5.69 Å². The normalized spacial score (nSPS) is 17.3. The lowest BCUT2D eigenvalue weighted by molar-refractivity contribution is 0.0996. The monoisotopic (exact) mass is 420 g/mol. The number of ether oxygens (including phenoxy) is 1. The molecule has 9 nitrogen and oxygen atoms in total. The molecule has 0 aliphatic carbocycles. The number of urea groups is 1. The summed E-state index contributed by atoms with van der Waals surface area (Å²) in [5, 5.41) is 9.92. The number of aromatic nitrogens is 2. The second kappa shape index (κ2) is 8.58. The molecule has 0 saturated carbocycles. The number of nitrogens with one attached hydrogen (secondary N) is 2. The topological polar surface area (TPSA) is 141 Å². The number of nitrogens with two attached hydrogens (primary N) is 2. The molecule has 160 valence electrons. The van der Waals surface area contributed by atoms with Crippen LogP contribution in [0, 0.1) is 0 Å². The molecule has 0 radical (unpaired) electrons. The van der Waals surface area contributed by atoms with Gasteiger partial charge in [-0.15, -0.1) is 0 Å². The Kier molecular flexibility index (Phi) is 5.70. The highest BCUT2D eigenvalue weighted by Gasteiger charge is 2.39. The van der Waals surface area contributed by atoms with Gasteiger partial charge in [0.1, 0.15) is 12.3 Å². The van der Waals surface area contributed by atoms with E-state index in [-0.39, 0.29) is 23.7 Å². The fraction of sp³-hybridized carbons (Fsp3) is 0.227. The van der Waals surface area contributed by atoms with Crippen molar-refractivity contribution in [1.29, 1.82) is 0 Å². The number of anilines is 1. The van der Waals surface area contributed by atoms with Crippen LogP contribution in [0.2, 0.25) is 0 Å². The Labute approximate surface area is 179 Å². The Hall–Kier alpha value is -3.69. The number of primary amides is 2. The van der Waals surface area contributed by atoms with Crippen LogP contribution in [-0.2, 0) is 4.74 Å². The van der Waals surface area contributed by atoms with Crippen molar-refractivity contribution in [2.45, 2.75) is 25.7 Å². The highest BCUT2D eigenvalue weighted by atomic mass is 16.6. The van der Waals surface area contributed by atoms with Crippen LogP contribution in [0.4, 0.5) is 10.5 Å². The number of amides is 3. The van der Waals surface area contributed by atoms with Crippen LogP contribution in [0.3, 0.4) is 0 Å². The molecule has 1 aliphatic rings. The van der Waals surface area contributed by atoms with E-state index in [9.17, 15) is 9.59 Å². The van der Waals surface area contributed by atoms with Crippen molar-refractivity contribution in [3.63, 3.8) is 0 Å². The predicted molar refractivity (Wildman–Crippen MR) is 117 cm³/mol. The molecule has 2 unspecified atom stereocenters. The SMILES string of the molecule is CCCNC1OC1c1ccc(-c2cccc(-n3cc(NC(N)=O)c(C(N)=O)n3)c2)cc1. The minimum atomic E-state index is -0.803. The lowest BCUT2D eigenvalue weighted by Crippen LogP contribution is -2.22. The maximum absolute atomic E-state index is 11.6. The van der Waals surface area contributed by atoms with Crippen molar-refractivity contribution < 1.29 is 14.3 Å². The minimum absolute atomic E-state index is 0.0655. The number of nitrogens with zero attached hydrogens (tertiary/aromatic N) is 2. The predicted octanol–water partition coefficient (Wildman–Crippen LogP) is 2.53. The number of carbonyl (C=O) groups is 2. The molecular weight excluding hydrogens is 396 g/mol. The average molecular weight is 420 g/mol.